The van der Waals surface area contributed by atoms with Gasteiger partial charge in [0, 0.05) is 11.9 Å². The molecule has 0 amide bonds. The summed E-state index contributed by atoms with van der Waals surface area (Å²) in [5.74, 6) is 0.906. The molecule has 3 rings (SSSR count). The predicted octanol–water partition coefficient (Wildman–Crippen LogP) is 0.585. The molecule has 2 N–H and O–H groups in total. The molecule has 72 valence electrons. The van der Waals surface area contributed by atoms with Gasteiger partial charge in [-0.2, -0.15) is 4.98 Å². The van der Waals surface area contributed by atoms with Crippen LogP contribution in [0.1, 0.15) is 24.1 Å². The Morgan fingerprint density at radius 1 is 1.21 bits per heavy atom. The van der Waals surface area contributed by atoms with Gasteiger partial charge in [-0.15, -0.1) is 5.10 Å². The largest absolute Gasteiger partial charge is 0.366 e. The Kier molecular flexibility index (Phi) is 1.47. The fraction of sp³-hybridized carbons (Fsp3) is 0.444. The first-order valence-electron chi connectivity index (χ1n) is 4.83. The zero-order valence-corrected chi connectivity index (χ0v) is 7.77. The van der Waals surface area contributed by atoms with E-state index in [1.807, 2.05) is 6.20 Å². The van der Waals surface area contributed by atoms with Crippen molar-refractivity contribution in [3.63, 3.8) is 0 Å². The Morgan fingerprint density at radius 2 is 2.07 bits per heavy atom. The number of rotatable bonds is 0. The Bertz CT molecular complexity index is 444. The minimum Gasteiger partial charge on any atom is -0.366 e. The molecular weight excluding hydrogens is 178 g/mol. The smallest absolute Gasteiger partial charge is 0.254 e. The standard InChI is InChI=1S/C9H11N5/c10-8-12-9-11-7-4-2-1-3-6(7)5-14(9)13-8/h5H,1-4H2,(H2,10,13). The first-order chi connectivity index (χ1) is 6.83. The molecule has 0 bridgehead atoms. The van der Waals surface area contributed by atoms with Crippen molar-refractivity contribution < 1.29 is 0 Å². The van der Waals surface area contributed by atoms with E-state index < -0.39 is 0 Å². The molecule has 0 unspecified atom stereocenters. The van der Waals surface area contributed by atoms with Gasteiger partial charge < -0.3 is 5.73 Å². The number of hydrogen-bond donors (Lipinski definition) is 1. The van der Waals surface area contributed by atoms with Crippen LogP contribution < -0.4 is 5.73 Å². The van der Waals surface area contributed by atoms with E-state index in [1.54, 1.807) is 4.52 Å². The molecule has 0 atom stereocenters. The van der Waals surface area contributed by atoms with Gasteiger partial charge in [-0.1, -0.05) is 0 Å². The SMILES string of the molecule is Nc1nc2nc3c(cn2n1)CCCC3. The highest BCUT2D eigenvalue weighted by atomic mass is 15.4. The monoisotopic (exact) mass is 189 g/mol. The Hall–Kier alpha value is -1.65. The Labute approximate surface area is 81.0 Å². The summed E-state index contributed by atoms with van der Waals surface area (Å²) in [4.78, 5) is 8.49. The third kappa shape index (κ3) is 1.05. The third-order valence-electron chi connectivity index (χ3n) is 2.62. The van der Waals surface area contributed by atoms with Crippen LogP contribution in [0.25, 0.3) is 5.78 Å². The summed E-state index contributed by atoms with van der Waals surface area (Å²) in [5, 5.41) is 4.04. The van der Waals surface area contributed by atoms with Crippen molar-refractivity contribution in [3.05, 3.63) is 17.5 Å². The maximum absolute atomic E-state index is 5.51. The average Bonchev–Trinajstić information content (AvgIpc) is 2.53. The number of nitrogens with two attached hydrogens (primary N) is 1. The molecule has 2 aromatic rings. The van der Waals surface area contributed by atoms with Crippen molar-refractivity contribution in [1.82, 2.24) is 19.6 Å². The van der Waals surface area contributed by atoms with Crippen LogP contribution in [0.3, 0.4) is 0 Å². The summed E-state index contributed by atoms with van der Waals surface area (Å²) >= 11 is 0. The van der Waals surface area contributed by atoms with E-state index in [9.17, 15) is 0 Å². The van der Waals surface area contributed by atoms with Gasteiger partial charge in [-0.05, 0) is 31.2 Å². The summed E-state index contributed by atoms with van der Waals surface area (Å²) in [5.41, 5.74) is 7.96. The topological polar surface area (TPSA) is 69.1 Å². The van der Waals surface area contributed by atoms with Crippen LogP contribution in [0.2, 0.25) is 0 Å². The van der Waals surface area contributed by atoms with E-state index in [2.05, 4.69) is 15.1 Å². The Morgan fingerprint density at radius 3 is 3.00 bits per heavy atom. The number of nitrogen functional groups attached to an aromatic ring is 1. The van der Waals surface area contributed by atoms with Gasteiger partial charge in [-0.25, -0.2) is 9.50 Å². The molecule has 2 aromatic heterocycles. The normalized spacial score (nSPS) is 15.7. The second-order valence-electron chi connectivity index (χ2n) is 3.63. The fourth-order valence-corrected chi connectivity index (χ4v) is 1.94. The summed E-state index contributed by atoms with van der Waals surface area (Å²) in [6.07, 6.45) is 6.61. The van der Waals surface area contributed by atoms with Gasteiger partial charge in [0.1, 0.15) is 0 Å². The zero-order valence-electron chi connectivity index (χ0n) is 7.77. The van der Waals surface area contributed by atoms with E-state index in [4.69, 9.17) is 5.73 Å². The molecule has 0 radical (unpaired) electrons. The molecule has 0 spiro atoms. The maximum Gasteiger partial charge on any atom is 0.254 e. The molecule has 2 heterocycles. The lowest BCUT2D eigenvalue weighted by atomic mass is 9.98. The fourth-order valence-electron chi connectivity index (χ4n) is 1.94. The molecule has 0 saturated carbocycles. The summed E-state index contributed by atoms with van der Waals surface area (Å²) < 4.78 is 1.67. The van der Waals surface area contributed by atoms with Crippen LogP contribution >= 0.6 is 0 Å². The van der Waals surface area contributed by atoms with Crippen molar-refractivity contribution in [3.8, 4) is 0 Å². The van der Waals surface area contributed by atoms with E-state index in [0.717, 1.165) is 18.5 Å². The summed E-state index contributed by atoms with van der Waals surface area (Å²) in [7, 11) is 0. The molecule has 0 aromatic carbocycles. The van der Waals surface area contributed by atoms with Crippen molar-refractivity contribution in [1.29, 1.82) is 0 Å². The molecule has 5 nitrogen and oxygen atoms in total. The summed E-state index contributed by atoms with van der Waals surface area (Å²) in [6.45, 7) is 0. The first-order valence-corrected chi connectivity index (χ1v) is 4.83. The molecular formula is C9H11N5. The summed E-state index contributed by atoms with van der Waals surface area (Å²) in [6, 6.07) is 0. The van der Waals surface area contributed by atoms with Crippen LogP contribution in [-0.2, 0) is 12.8 Å². The molecule has 5 heteroatoms. The predicted molar refractivity (Wildman–Crippen MR) is 51.8 cm³/mol. The van der Waals surface area contributed by atoms with Gasteiger partial charge in [0.15, 0.2) is 0 Å². The van der Waals surface area contributed by atoms with E-state index >= 15 is 0 Å². The average molecular weight is 189 g/mol. The van der Waals surface area contributed by atoms with Gasteiger partial charge >= 0.3 is 0 Å². The van der Waals surface area contributed by atoms with Crippen molar-refractivity contribution in [2.75, 3.05) is 5.73 Å². The zero-order chi connectivity index (χ0) is 9.54. The quantitative estimate of drug-likeness (QED) is 0.658. The highest BCUT2D eigenvalue weighted by Crippen LogP contribution is 2.19. The van der Waals surface area contributed by atoms with Crippen molar-refractivity contribution in [2.45, 2.75) is 25.7 Å². The van der Waals surface area contributed by atoms with Crippen LogP contribution in [-0.4, -0.2) is 19.6 Å². The minimum absolute atomic E-state index is 0.292. The second-order valence-corrected chi connectivity index (χ2v) is 3.63. The molecule has 0 saturated heterocycles. The number of fused-ring (bicyclic) bond motifs is 2. The molecule has 1 aliphatic carbocycles. The lowest BCUT2D eigenvalue weighted by molar-refractivity contribution is 0.659. The number of aromatic nitrogens is 4. The Balaban J connectivity index is 2.26. The number of nitrogens with zero attached hydrogens (tertiary/aromatic N) is 4. The van der Waals surface area contributed by atoms with E-state index in [1.165, 1.54) is 18.4 Å². The lowest BCUT2D eigenvalue weighted by Gasteiger charge is -2.13. The first kappa shape index (κ1) is 7.73. The van der Waals surface area contributed by atoms with Gasteiger partial charge in [0.05, 0.1) is 0 Å². The van der Waals surface area contributed by atoms with E-state index in [-0.39, 0.29) is 0 Å². The van der Waals surface area contributed by atoms with Gasteiger partial charge in [-0.3, -0.25) is 0 Å². The van der Waals surface area contributed by atoms with Gasteiger partial charge in [0.2, 0.25) is 5.95 Å². The van der Waals surface area contributed by atoms with Crippen molar-refractivity contribution in [2.24, 2.45) is 0 Å². The second kappa shape index (κ2) is 2.67. The third-order valence-corrected chi connectivity index (χ3v) is 2.62. The van der Waals surface area contributed by atoms with Crippen LogP contribution in [0.5, 0.6) is 0 Å². The molecule has 0 aliphatic heterocycles. The van der Waals surface area contributed by atoms with Crippen LogP contribution in [0.15, 0.2) is 6.20 Å². The molecule has 1 aliphatic rings. The highest BCUT2D eigenvalue weighted by molar-refractivity contribution is 5.37. The van der Waals surface area contributed by atoms with Crippen LogP contribution in [0.4, 0.5) is 5.95 Å². The lowest BCUT2D eigenvalue weighted by Crippen LogP contribution is -2.08. The minimum atomic E-state index is 0.292. The molecule has 0 fully saturated rings. The van der Waals surface area contributed by atoms with Crippen molar-refractivity contribution >= 4 is 11.7 Å². The van der Waals surface area contributed by atoms with E-state index in [0.29, 0.717) is 11.7 Å². The van der Waals surface area contributed by atoms with Gasteiger partial charge in [0.25, 0.3) is 5.78 Å². The van der Waals surface area contributed by atoms with Crippen LogP contribution in [0, 0.1) is 0 Å². The number of aryl methyl sites for hydroxylation is 2. The number of hydrogen-bond acceptors (Lipinski definition) is 4. The molecule has 14 heavy (non-hydrogen) atoms. The maximum atomic E-state index is 5.51. The highest BCUT2D eigenvalue weighted by Gasteiger charge is 2.13. The number of anilines is 1.